The summed E-state index contributed by atoms with van der Waals surface area (Å²) in [7, 11) is 1.95. The summed E-state index contributed by atoms with van der Waals surface area (Å²) in [6.07, 6.45) is 0. The number of hydrogen-bond acceptors (Lipinski definition) is 2. The second-order valence-corrected chi connectivity index (χ2v) is 4.66. The molecule has 0 unspecified atom stereocenters. The van der Waals surface area contributed by atoms with Gasteiger partial charge in [0.15, 0.2) is 5.11 Å². The van der Waals surface area contributed by atoms with Gasteiger partial charge in [-0.25, -0.2) is 0 Å². The molecular formula is C11H20N4S. The van der Waals surface area contributed by atoms with Crippen LogP contribution in [0.5, 0.6) is 0 Å². The molecule has 1 aromatic heterocycles. The number of nitrogens with one attached hydrogen (secondary N) is 2. The molecule has 16 heavy (non-hydrogen) atoms. The van der Waals surface area contributed by atoms with Crippen molar-refractivity contribution in [2.75, 3.05) is 0 Å². The molecule has 1 rings (SSSR count). The minimum atomic E-state index is 0.357. The van der Waals surface area contributed by atoms with Gasteiger partial charge in [0.25, 0.3) is 0 Å². The summed E-state index contributed by atoms with van der Waals surface area (Å²) in [5.74, 6) is 0. The predicted octanol–water partition coefficient (Wildman–Crippen LogP) is 1.41. The Bertz CT molecular complexity index is 382. The maximum atomic E-state index is 5.17. The third-order valence-electron chi connectivity index (χ3n) is 2.50. The molecular weight excluding hydrogens is 220 g/mol. The van der Waals surface area contributed by atoms with E-state index < -0.39 is 0 Å². The summed E-state index contributed by atoms with van der Waals surface area (Å²) in [6.45, 7) is 8.94. The number of aromatic nitrogens is 2. The van der Waals surface area contributed by atoms with E-state index >= 15 is 0 Å². The van der Waals surface area contributed by atoms with Gasteiger partial charge in [0, 0.05) is 30.9 Å². The van der Waals surface area contributed by atoms with Crippen LogP contribution >= 0.6 is 12.2 Å². The lowest BCUT2D eigenvalue weighted by Gasteiger charge is -2.13. The molecule has 0 fully saturated rings. The summed E-state index contributed by atoms with van der Waals surface area (Å²) in [4.78, 5) is 0. The van der Waals surface area contributed by atoms with Crippen LogP contribution in [0.1, 0.15) is 30.8 Å². The van der Waals surface area contributed by atoms with Crippen molar-refractivity contribution >= 4 is 17.3 Å². The smallest absolute Gasteiger partial charge is 0.166 e. The molecule has 5 heteroatoms. The van der Waals surface area contributed by atoms with Crippen molar-refractivity contribution in [2.24, 2.45) is 7.05 Å². The van der Waals surface area contributed by atoms with Gasteiger partial charge < -0.3 is 10.6 Å². The van der Waals surface area contributed by atoms with Crippen molar-refractivity contribution in [1.29, 1.82) is 0 Å². The van der Waals surface area contributed by atoms with Crippen LogP contribution in [0, 0.1) is 13.8 Å². The molecule has 4 nitrogen and oxygen atoms in total. The normalized spacial score (nSPS) is 10.6. The summed E-state index contributed by atoms with van der Waals surface area (Å²) < 4.78 is 1.89. The highest BCUT2D eigenvalue weighted by Gasteiger charge is 2.09. The highest BCUT2D eigenvalue weighted by molar-refractivity contribution is 7.80. The molecule has 0 radical (unpaired) electrons. The van der Waals surface area contributed by atoms with Gasteiger partial charge in [-0.3, -0.25) is 4.68 Å². The Morgan fingerprint density at radius 1 is 1.44 bits per heavy atom. The van der Waals surface area contributed by atoms with Crippen LogP contribution in [0.25, 0.3) is 0 Å². The highest BCUT2D eigenvalue weighted by atomic mass is 32.1. The van der Waals surface area contributed by atoms with Crippen LogP contribution in [0.4, 0.5) is 0 Å². The third-order valence-corrected chi connectivity index (χ3v) is 2.77. The van der Waals surface area contributed by atoms with Crippen molar-refractivity contribution in [3.63, 3.8) is 0 Å². The lowest BCUT2D eigenvalue weighted by atomic mass is 10.2. The first-order valence-corrected chi connectivity index (χ1v) is 5.86. The zero-order valence-electron chi connectivity index (χ0n) is 10.6. The van der Waals surface area contributed by atoms with Gasteiger partial charge in [-0.1, -0.05) is 0 Å². The molecule has 0 atom stereocenters. The first-order valence-electron chi connectivity index (χ1n) is 5.45. The lowest BCUT2D eigenvalue weighted by molar-refractivity contribution is 0.709. The number of hydrogen-bond donors (Lipinski definition) is 2. The quantitative estimate of drug-likeness (QED) is 0.784. The van der Waals surface area contributed by atoms with Crippen molar-refractivity contribution in [3.05, 3.63) is 17.0 Å². The van der Waals surface area contributed by atoms with Crippen LogP contribution in [0.15, 0.2) is 0 Å². The molecule has 2 N–H and O–H groups in total. The Morgan fingerprint density at radius 3 is 2.50 bits per heavy atom. The van der Waals surface area contributed by atoms with E-state index in [1.807, 2.05) is 18.7 Å². The molecule has 0 saturated heterocycles. The fraction of sp³-hybridized carbons (Fsp3) is 0.636. The van der Waals surface area contributed by atoms with E-state index in [4.69, 9.17) is 12.2 Å². The van der Waals surface area contributed by atoms with Crippen LogP contribution in [-0.4, -0.2) is 20.9 Å². The summed E-state index contributed by atoms with van der Waals surface area (Å²) in [6, 6.07) is 0.357. The largest absolute Gasteiger partial charge is 0.361 e. The van der Waals surface area contributed by atoms with Crippen LogP contribution in [0.2, 0.25) is 0 Å². The van der Waals surface area contributed by atoms with Crippen LogP contribution in [0.3, 0.4) is 0 Å². The average molecular weight is 240 g/mol. The maximum absolute atomic E-state index is 5.17. The maximum Gasteiger partial charge on any atom is 0.166 e. The van der Waals surface area contributed by atoms with E-state index in [1.165, 1.54) is 11.3 Å². The minimum Gasteiger partial charge on any atom is -0.361 e. The monoisotopic (exact) mass is 240 g/mol. The first-order chi connectivity index (χ1) is 7.41. The van der Waals surface area contributed by atoms with Crippen molar-refractivity contribution in [3.8, 4) is 0 Å². The standard InChI is InChI=1S/C11H20N4S/c1-7(2)13-11(16)12-6-10-8(3)14-15(5)9(10)4/h7H,6H2,1-5H3,(H2,12,13,16). The molecule has 0 aliphatic rings. The summed E-state index contributed by atoms with van der Waals surface area (Å²) >= 11 is 5.17. The molecule has 90 valence electrons. The first kappa shape index (κ1) is 13.0. The van der Waals surface area contributed by atoms with E-state index in [0.29, 0.717) is 11.2 Å². The second kappa shape index (κ2) is 5.30. The van der Waals surface area contributed by atoms with Crippen molar-refractivity contribution in [1.82, 2.24) is 20.4 Å². The molecule has 1 heterocycles. The van der Waals surface area contributed by atoms with Gasteiger partial charge >= 0.3 is 0 Å². The zero-order valence-corrected chi connectivity index (χ0v) is 11.4. The van der Waals surface area contributed by atoms with Gasteiger partial charge in [-0.2, -0.15) is 5.10 Å². The van der Waals surface area contributed by atoms with Crippen molar-refractivity contribution in [2.45, 2.75) is 40.3 Å². The van der Waals surface area contributed by atoms with E-state index in [1.54, 1.807) is 0 Å². The minimum absolute atomic E-state index is 0.357. The van der Waals surface area contributed by atoms with E-state index in [0.717, 1.165) is 12.2 Å². The fourth-order valence-electron chi connectivity index (χ4n) is 1.56. The summed E-state index contributed by atoms with van der Waals surface area (Å²) in [5, 5.41) is 11.4. The SMILES string of the molecule is Cc1nn(C)c(C)c1CNC(=S)NC(C)C. The van der Waals surface area contributed by atoms with E-state index in [-0.39, 0.29) is 0 Å². The van der Waals surface area contributed by atoms with Gasteiger partial charge in [0.05, 0.1) is 5.69 Å². The fourth-order valence-corrected chi connectivity index (χ4v) is 1.86. The van der Waals surface area contributed by atoms with Gasteiger partial charge in [-0.15, -0.1) is 0 Å². The van der Waals surface area contributed by atoms with E-state index in [9.17, 15) is 0 Å². The van der Waals surface area contributed by atoms with Gasteiger partial charge in [-0.05, 0) is 39.9 Å². The Labute approximate surface area is 102 Å². The average Bonchev–Trinajstić information content (AvgIpc) is 2.38. The summed E-state index contributed by atoms with van der Waals surface area (Å²) in [5.41, 5.74) is 3.45. The molecule has 0 saturated carbocycles. The highest BCUT2D eigenvalue weighted by Crippen LogP contribution is 2.10. The van der Waals surface area contributed by atoms with Gasteiger partial charge in [0.1, 0.15) is 0 Å². The number of nitrogens with zero attached hydrogens (tertiary/aromatic N) is 2. The topological polar surface area (TPSA) is 41.9 Å². The predicted molar refractivity (Wildman–Crippen MR) is 70.4 cm³/mol. The number of aryl methyl sites for hydroxylation is 2. The molecule has 1 aromatic rings. The molecule has 0 aliphatic carbocycles. The van der Waals surface area contributed by atoms with Crippen LogP contribution in [-0.2, 0) is 13.6 Å². The number of rotatable bonds is 3. The molecule has 0 amide bonds. The lowest BCUT2D eigenvalue weighted by Crippen LogP contribution is -2.38. The van der Waals surface area contributed by atoms with Crippen LogP contribution < -0.4 is 10.6 Å². The zero-order chi connectivity index (χ0) is 12.3. The molecule has 0 bridgehead atoms. The Balaban J connectivity index is 2.58. The van der Waals surface area contributed by atoms with Crippen molar-refractivity contribution < 1.29 is 0 Å². The number of thiocarbonyl (C=S) groups is 1. The molecule has 0 spiro atoms. The third kappa shape index (κ3) is 3.20. The molecule has 0 aromatic carbocycles. The Kier molecular flexibility index (Phi) is 4.29. The van der Waals surface area contributed by atoms with Gasteiger partial charge in [0.2, 0.25) is 0 Å². The second-order valence-electron chi connectivity index (χ2n) is 4.25. The Hall–Kier alpha value is -1.10. The molecule has 0 aliphatic heterocycles. The van der Waals surface area contributed by atoms with E-state index in [2.05, 4.69) is 36.5 Å². The Morgan fingerprint density at radius 2 is 2.06 bits per heavy atom.